The van der Waals surface area contributed by atoms with Crippen molar-refractivity contribution >= 4 is 17.6 Å². The van der Waals surface area contributed by atoms with Crippen LogP contribution in [0, 0.1) is 17.2 Å². The second kappa shape index (κ2) is 5.49. The summed E-state index contributed by atoms with van der Waals surface area (Å²) >= 11 is 5.95. The highest BCUT2D eigenvalue weighted by Gasteiger charge is 2.42. The maximum Gasteiger partial charge on any atom is 0.309 e. The number of benzene rings is 1. The average Bonchev–Trinajstić information content (AvgIpc) is 2.35. The fourth-order valence-corrected chi connectivity index (χ4v) is 3.33. The van der Waals surface area contributed by atoms with Crippen molar-refractivity contribution < 1.29 is 14.3 Å². The maximum atomic E-state index is 13.5. The molecular formula is C15H18ClFO2. The van der Waals surface area contributed by atoms with Gasteiger partial charge in [-0.25, -0.2) is 4.39 Å². The molecule has 1 aromatic rings. The van der Waals surface area contributed by atoms with Crippen LogP contribution in [0.2, 0.25) is 5.02 Å². The number of carboxylic acid groups (broad SMARTS) is 1. The lowest BCUT2D eigenvalue weighted by molar-refractivity contribution is -0.152. The van der Waals surface area contributed by atoms with Crippen LogP contribution in [0.5, 0.6) is 0 Å². The van der Waals surface area contributed by atoms with Gasteiger partial charge in [0.05, 0.1) is 10.4 Å². The molecule has 1 saturated carbocycles. The molecule has 1 aliphatic rings. The van der Waals surface area contributed by atoms with Crippen molar-refractivity contribution in [2.24, 2.45) is 11.3 Å². The van der Waals surface area contributed by atoms with Gasteiger partial charge in [-0.15, -0.1) is 0 Å². The number of hydrogen-bond donors (Lipinski definition) is 1. The number of carbonyl (C=O) groups is 1. The molecule has 104 valence electrons. The Morgan fingerprint density at radius 1 is 1.58 bits per heavy atom. The minimum absolute atomic E-state index is 0.0568. The summed E-state index contributed by atoms with van der Waals surface area (Å²) in [6, 6.07) is 4.59. The number of aliphatic carboxylic acids is 1. The summed E-state index contributed by atoms with van der Waals surface area (Å²) in [5.41, 5.74) is -0.201. The summed E-state index contributed by atoms with van der Waals surface area (Å²) in [4.78, 5) is 11.7. The summed E-state index contributed by atoms with van der Waals surface area (Å²) in [5, 5.41) is 9.65. The monoisotopic (exact) mass is 284 g/mol. The van der Waals surface area contributed by atoms with Crippen molar-refractivity contribution in [2.45, 2.75) is 39.0 Å². The number of carboxylic acids is 1. The lowest BCUT2D eigenvalue weighted by atomic mass is 9.67. The largest absolute Gasteiger partial charge is 0.481 e. The van der Waals surface area contributed by atoms with Crippen molar-refractivity contribution in [2.75, 3.05) is 0 Å². The van der Waals surface area contributed by atoms with Gasteiger partial charge in [-0.2, -0.15) is 0 Å². The number of rotatable bonds is 3. The summed E-state index contributed by atoms with van der Waals surface area (Å²) in [6.45, 7) is 2.07. The second-order valence-electron chi connectivity index (χ2n) is 5.68. The molecule has 0 aromatic heterocycles. The predicted molar refractivity (Wildman–Crippen MR) is 72.8 cm³/mol. The molecule has 1 fully saturated rings. The van der Waals surface area contributed by atoms with Gasteiger partial charge < -0.3 is 5.11 Å². The third-order valence-corrected chi connectivity index (χ3v) is 4.53. The Hall–Kier alpha value is -1.09. The molecule has 0 heterocycles. The Morgan fingerprint density at radius 2 is 2.32 bits per heavy atom. The molecule has 0 spiro atoms. The number of hydrogen-bond acceptors (Lipinski definition) is 1. The Balaban J connectivity index is 2.31. The van der Waals surface area contributed by atoms with E-state index in [9.17, 15) is 14.3 Å². The zero-order valence-corrected chi connectivity index (χ0v) is 11.7. The first-order valence-corrected chi connectivity index (χ1v) is 6.99. The normalized spacial score (nSPS) is 27.2. The van der Waals surface area contributed by atoms with Gasteiger partial charge in [0.25, 0.3) is 0 Å². The average molecular weight is 285 g/mol. The van der Waals surface area contributed by atoms with E-state index in [1.165, 1.54) is 6.07 Å². The van der Waals surface area contributed by atoms with Gasteiger partial charge in [0.15, 0.2) is 0 Å². The molecule has 1 aliphatic carbocycles. The zero-order chi connectivity index (χ0) is 14.0. The summed E-state index contributed by atoms with van der Waals surface area (Å²) < 4.78 is 13.5. The Morgan fingerprint density at radius 3 is 2.95 bits per heavy atom. The Labute approximate surface area is 117 Å². The van der Waals surface area contributed by atoms with E-state index in [-0.39, 0.29) is 5.02 Å². The van der Waals surface area contributed by atoms with Crippen LogP contribution < -0.4 is 0 Å². The molecular weight excluding hydrogens is 267 g/mol. The molecule has 0 saturated heterocycles. The van der Waals surface area contributed by atoms with E-state index >= 15 is 0 Å². The van der Waals surface area contributed by atoms with E-state index < -0.39 is 17.2 Å². The molecule has 4 heteroatoms. The SMILES string of the molecule is CC1CCCC(Cc2cccc(F)c2Cl)(C(=O)O)C1. The predicted octanol–water partition coefficient (Wildman–Crippen LogP) is 4.30. The van der Waals surface area contributed by atoms with Crippen LogP contribution in [0.3, 0.4) is 0 Å². The van der Waals surface area contributed by atoms with Crippen molar-refractivity contribution in [3.8, 4) is 0 Å². The Bertz CT molecular complexity index is 489. The van der Waals surface area contributed by atoms with Gasteiger partial charge in [0, 0.05) is 0 Å². The van der Waals surface area contributed by atoms with Crippen molar-refractivity contribution in [1.82, 2.24) is 0 Å². The van der Waals surface area contributed by atoms with Crippen LogP contribution in [0.15, 0.2) is 18.2 Å². The first kappa shape index (κ1) is 14.3. The molecule has 1 aromatic carbocycles. The molecule has 2 unspecified atom stereocenters. The highest BCUT2D eigenvalue weighted by atomic mass is 35.5. The molecule has 1 N–H and O–H groups in total. The number of halogens is 2. The first-order valence-electron chi connectivity index (χ1n) is 6.61. The van der Waals surface area contributed by atoms with Crippen LogP contribution in [-0.4, -0.2) is 11.1 Å². The van der Waals surface area contributed by atoms with Crippen molar-refractivity contribution in [1.29, 1.82) is 0 Å². The smallest absolute Gasteiger partial charge is 0.309 e. The molecule has 0 bridgehead atoms. The van der Waals surface area contributed by atoms with E-state index in [4.69, 9.17) is 11.6 Å². The lowest BCUT2D eigenvalue weighted by Gasteiger charge is -2.36. The maximum absolute atomic E-state index is 13.5. The van der Waals surface area contributed by atoms with Crippen molar-refractivity contribution in [3.05, 3.63) is 34.6 Å². The molecule has 0 radical (unpaired) electrons. The molecule has 2 nitrogen and oxygen atoms in total. The highest BCUT2D eigenvalue weighted by molar-refractivity contribution is 6.31. The summed E-state index contributed by atoms with van der Waals surface area (Å²) in [5.74, 6) is -0.889. The third-order valence-electron chi connectivity index (χ3n) is 4.11. The van der Waals surface area contributed by atoms with E-state index in [1.54, 1.807) is 12.1 Å². The van der Waals surface area contributed by atoms with E-state index in [2.05, 4.69) is 6.92 Å². The minimum Gasteiger partial charge on any atom is -0.481 e. The second-order valence-corrected chi connectivity index (χ2v) is 6.05. The van der Waals surface area contributed by atoms with E-state index in [0.717, 1.165) is 12.8 Å². The third kappa shape index (κ3) is 2.92. The molecule has 2 atom stereocenters. The van der Waals surface area contributed by atoms with E-state index in [0.29, 0.717) is 30.7 Å². The summed E-state index contributed by atoms with van der Waals surface area (Å²) in [6.07, 6.45) is 3.55. The fraction of sp³-hybridized carbons (Fsp3) is 0.533. The van der Waals surface area contributed by atoms with Crippen LogP contribution in [0.25, 0.3) is 0 Å². The van der Waals surface area contributed by atoms with Gasteiger partial charge in [-0.05, 0) is 36.8 Å². The molecule has 0 amide bonds. The van der Waals surface area contributed by atoms with Gasteiger partial charge in [-0.1, -0.05) is 43.5 Å². The topological polar surface area (TPSA) is 37.3 Å². The fourth-order valence-electron chi connectivity index (χ4n) is 3.14. The van der Waals surface area contributed by atoms with Crippen LogP contribution >= 0.6 is 11.6 Å². The first-order chi connectivity index (χ1) is 8.94. The minimum atomic E-state index is -0.797. The highest BCUT2D eigenvalue weighted by Crippen LogP contribution is 2.43. The van der Waals surface area contributed by atoms with E-state index in [1.807, 2.05) is 0 Å². The van der Waals surface area contributed by atoms with Crippen LogP contribution in [-0.2, 0) is 11.2 Å². The molecule has 19 heavy (non-hydrogen) atoms. The lowest BCUT2D eigenvalue weighted by Crippen LogP contribution is -2.38. The van der Waals surface area contributed by atoms with Gasteiger partial charge in [0.2, 0.25) is 0 Å². The standard InChI is InChI=1S/C15H18ClFO2/c1-10-4-3-7-15(8-10,14(18)19)9-11-5-2-6-12(17)13(11)16/h2,5-6,10H,3-4,7-9H2,1H3,(H,18,19). The van der Waals surface area contributed by atoms with Gasteiger partial charge in [0.1, 0.15) is 5.82 Å². The van der Waals surface area contributed by atoms with Crippen LogP contribution in [0.4, 0.5) is 4.39 Å². The Kier molecular flexibility index (Phi) is 4.14. The zero-order valence-electron chi connectivity index (χ0n) is 11.0. The van der Waals surface area contributed by atoms with Crippen LogP contribution in [0.1, 0.15) is 38.2 Å². The molecule has 0 aliphatic heterocycles. The van der Waals surface area contributed by atoms with Gasteiger partial charge >= 0.3 is 5.97 Å². The quantitative estimate of drug-likeness (QED) is 0.898. The van der Waals surface area contributed by atoms with Crippen molar-refractivity contribution in [3.63, 3.8) is 0 Å². The molecule has 2 rings (SSSR count). The summed E-state index contributed by atoms with van der Waals surface area (Å²) in [7, 11) is 0. The van der Waals surface area contributed by atoms with Gasteiger partial charge in [-0.3, -0.25) is 4.79 Å².